The minimum absolute atomic E-state index is 0.329. The van der Waals surface area contributed by atoms with Crippen LogP contribution in [0, 0.1) is 5.92 Å². The van der Waals surface area contributed by atoms with Crippen molar-refractivity contribution < 1.29 is 14.6 Å². The van der Waals surface area contributed by atoms with Gasteiger partial charge in [0, 0.05) is 24.7 Å². The summed E-state index contributed by atoms with van der Waals surface area (Å²) in [4.78, 5) is 18.2. The number of aromatic nitrogens is 1. The highest BCUT2D eigenvalue weighted by Crippen LogP contribution is 2.33. The monoisotopic (exact) mass is 444 g/mol. The Balaban J connectivity index is 1.17. The van der Waals surface area contributed by atoms with Gasteiger partial charge in [-0.2, -0.15) is 0 Å². The molecule has 158 valence electrons. The molecular formula is C23H25ClN2O3S. The first-order valence-corrected chi connectivity index (χ1v) is 11.5. The molecule has 0 aliphatic carbocycles. The molecule has 1 fully saturated rings. The van der Waals surface area contributed by atoms with Crippen LogP contribution in [-0.2, 0) is 11.2 Å². The summed E-state index contributed by atoms with van der Waals surface area (Å²) in [7, 11) is 0. The standard InChI is InChI=1S/C23H25ClN2O3S/c24-19-4-5-20-21(15-19)30-23(25-20)26-10-6-16(7-11-26)8-12-29-13-9-17-2-1-3-18(14-17)22(27)28/h1-5,14-16H,6-13H2,(H,27,28). The molecule has 1 aliphatic rings. The minimum Gasteiger partial charge on any atom is -0.478 e. The smallest absolute Gasteiger partial charge is 0.335 e. The quantitative estimate of drug-likeness (QED) is 0.464. The van der Waals surface area contributed by atoms with Crippen molar-refractivity contribution in [1.29, 1.82) is 0 Å². The number of benzene rings is 2. The van der Waals surface area contributed by atoms with Crippen LogP contribution in [0.5, 0.6) is 0 Å². The Morgan fingerprint density at radius 1 is 1.20 bits per heavy atom. The SMILES string of the molecule is O=C(O)c1cccc(CCOCCC2CCN(c3nc4ccc(Cl)cc4s3)CC2)c1. The number of nitrogens with zero attached hydrogens (tertiary/aromatic N) is 2. The molecule has 0 spiro atoms. The van der Waals surface area contributed by atoms with Gasteiger partial charge in [0.2, 0.25) is 0 Å². The number of carboxylic acids is 1. The first-order valence-electron chi connectivity index (χ1n) is 10.3. The van der Waals surface area contributed by atoms with Crippen molar-refractivity contribution >= 4 is 44.3 Å². The van der Waals surface area contributed by atoms with E-state index < -0.39 is 5.97 Å². The number of rotatable bonds is 8. The third-order valence-corrected chi connectivity index (χ3v) is 6.92. The third kappa shape index (κ3) is 5.31. The summed E-state index contributed by atoms with van der Waals surface area (Å²) in [6.45, 7) is 3.43. The zero-order valence-corrected chi connectivity index (χ0v) is 18.3. The number of carboxylic acid groups (broad SMARTS) is 1. The molecule has 2 aromatic carbocycles. The Labute approximate surface area is 185 Å². The average molecular weight is 445 g/mol. The van der Waals surface area contributed by atoms with Gasteiger partial charge >= 0.3 is 5.97 Å². The number of anilines is 1. The summed E-state index contributed by atoms with van der Waals surface area (Å²) < 4.78 is 6.96. The van der Waals surface area contributed by atoms with Crippen molar-refractivity contribution in [2.24, 2.45) is 5.92 Å². The van der Waals surface area contributed by atoms with Crippen LogP contribution in [0.3, 0.4) is 0 Å². The maximum absolute atomic E-state index is 11.0. The van der Waals surface area contributed by atoms with Crippen molar-refractivity contribution in [3.8, 4) is 0 Å². The zero-order valence-electron chi connectivity index (χ0n) is 16.7. The largest absolute Gasteiger partial charge is 0.478 e. The van der Waals surface area contributed by atoms with Gasteiger partial charge < -0.3 is 14.7 Å². The van der Waals surface area contributed by atoms with Crippen LogP contribution in [0.1, 0.15) is 35.2 Å². The molecule has 30 heavy (non-hydrogen) atoms. The number of piperidine rings is 1. The highest BCUT2D eigenvalue weighted by molar-refractivity contribution is 7.22. The molecular weight excluding hydrogens is 420 g/mol. The van der Waals surface area contributed by atoms with Crippen LogP contribution in [0.15, 0.2) is 42.5 Å². The fourth-order valence-electron chi connectivity index (χ4n) is 3.84. The molecule has 1 saturated heterocycles. The summed E-state index contributed by atoms with van der Waals surface area (Å²) in [5.41, 5.74) is 2.35. The van der Waals surface area contributed by atoms with Crippen molar-refractivity contribution in [1.82, 2.24) is 4.98 Å². The Morgan fingerprint density at radius 3 is 2.83 bits per heavy atom. The van der Waals surface area contributed by atoms with E-state index in [0.717, 1.165) is 71.3 Å². The third-order valence-electron chi connectivity index (χ3n) is 5.60. The maximum atomic E-state index is 11.0. The van der Waals surface area contributed by atoms with Crippen LogP contribution in [0.4, 0.5) is 5.13 Å². The van der Waals surface area contributed by atoms with Gasteiger partial charge in [-0.25, -0.2) is 9.78 Å². The predicted octanol–water partition coefficient (Wildman–Crippen LogP) is 5.51. The number of halogens is 1. The number of aromatic carboxylic acids is 1. The molecule has 1 aromatic heterocycles. The normalized spacial score (nSPS) is 15.0. The van der Waals surface area contributed by atoms with Gasteiger partial charge in [0.15, 0.2) is 5.13 Å². The van der Waals surface area contributed by atoms with Crippen LogP contribution in [0.2, 0.25) is 5.02 Å². The number of ether oxygens (including phenoxy) is 1. The molecule has 0 atom stereocenters. The first kappa shape index (κ1) is 21.1. The highest BCUT2D eigenvalue weighted by atomic mass is 35.5. The molecule has 1 N–H and O–H groups in total. The lowest BCUT2D eigenvalue weighted by molar-refractivity contribution is 0.0696. The molecule has 0 bridgehead atoms. The number of carbonyl (C=O) groups is 1. The van der Waals surface area contributed by atoms with E-state index in [1.54, 1.807) is 29.5 Å². The molecule has 0 radical (unpaired) electrons. The zero-order chi connectivity index (χ0) is 20.9. The average Bonchev–Trinajstić information content (AvgIpc) is 3.17. The summed E-state index contributed by atoms with van der Waals surface area (Å²) in [6.07, 6.45) is 4.11. The summed E-state index contributed by atoms with van der Waals surface area (Å²) in [6, 6.07) is 12.9. The topological polar surface area (TPSA) is 62.7 Å². The molecule has 5 nitrogen and oxygen atoms in total. The number of fused-ring (bicyclic) bond motifs is 1. The van der Waals surface area contributed by atoms with Gasteiger partial charge in [-0.3, -0.25) is 0 Å². The second kappa shape index (κ2) is 9.77. The molecule has 1 aliphatic heterocycles. The molecule has 0 unspecified atom stereocenters. The fraction of sp³-hybridized carbons (Fsp3) is 0.391. The van der Waals surface area contributed by atoms with E-state index in [-0.39, 0.29) is 0 Å². The van der Waals surface area contributed by atoms with Crippen LogP contribution < -0.4 is 4.90 Å². The first-order chi connectivity index (χ1) is 14.6. The predicted molar refractivity (Wildman–Crippen MR) is 122 cm³/mol. The molecule has 3 aromatic rings. The van der Waals surface area contributed by atoms with Gasteiger partial charge in [0.1, 0.15) is 0 Å². The Hall–Kier alpha value is -2.15. The van der Waals surface area contributed by atoms with E-state index in [0.29, 0.717) is 18.1 Å². The van der Waals surface area contributed by atoms with Crippen molar-refractivity contribution in [3.05, 3.63) is 58.6 Å². The Bertz CT molecular complexity index is 1010. The van der Waals surface area contributed by atoms with E-state index in [2.05, 4.69) is 4.90 Å². The van der Waals surface area contributed by atoms with E-state index >= 15 is 0 Å². The molecule has 2 heterocycles. The van der Waals surface area contributed by atoms with Gasteiger partial charge in [-0.15, -0.1) is 0 Å². The van der Waals surface area contributed by atoms with Gasteiger partial charge in [-0.05, 0) is 67.5 Å². The van der Waals surface area contributed by atoms with Crippen LogP contribution >= 0.6 is 22.9 Å². The Kier molecular flexibility index (Phi) is 6.87. The van der Waals surface area contributed by atoms with E-state index in [1.807, 2.05) is 24.3 Å². The van der Waals surface area contributed by atoms with Gasteiger partial charge in [0.25, 0.3) is 0 Å². The van der Waals surface area contributed by atoms with Crippen molar-refractivity contribution in [2.45, 2.75) is 25.7 Å². The second-order valence-corrected chi connectivity index (χ2v) is 9.14. The summed E-state index contributed by atoms with van der Waals surface area (Å²) in [5, 5.41) is 10.9. The number of hydrogen-bond donors (Lipinski definition) is 1. The molecule has 4 rings (SSSR count). The number of hydrogen-bond acceptors (Lipinski definition) is 5. The second-order valence-electron chi connectivity index (χ2n) is 7.70. The lowest BCUT2D eigenvalue weighted by atomic mass is 9.94. The highest BCUT2D eigenvalue weighted by Gasteiger charge is 2.21. The minimum atomic E-state index is -0.890. The lowest BCUT2D eigenvalue weighted by Gasteiger charge is -2.31. The molecule has 7 heteroatoms. The summed E-state index contributed by atoms with van der Waals surface area (Å²) >= 11 is 7.80. The van der Waals surface area contributed by atoms with E-state index in [1.165, 1.54) is 0 Å². The van der Waals surface area contributed by atoms with E-state index in [9.17, 15) is 4.79 Å². The van der Waals surface area contributed by atoms with Crippen molar-refractivity contribution in [3.63, 3.8) is 0 Å². The molecule has 0 saturated carbocycles. The van der Waals surface area contributed by atoms with Crippen LogP contribution in [0.25, 0.3) is 10.2 Å². The lowest BCUT2D eigenvalue weighted by Crippen LogP contribution is -2.33. The van der Waals surface area contributed by atoms with Crippen molar-refractivity contribution in [2.75, 3.05) is 31.2 Å². The van der Waals surface area contributed by atoms with E-state index in [4.69, 9.17) is 26.4 Å². The summed E-state index contributed by atoms with van der Waals surface area (Å²) in [5.74, 6) is -0.209. The number of thiazole rings is 1. The maximum Gasteiger partial charge on any atom is 0.335 e. The Morgan fingerprint density at radius 2 is 2.03 bits per heavy atom. The molecule has 0 amide bonds. The fourth-order valence-corrected chi connectivity index (χ4v) is 5.13. The van der Waals surface area contributed by atoms with Gasteiger partial charge in [-0.1, -0.05) is 35.1 Å². The van der Waals surface area contributed by atoms with Gasteiger partial charge in [0.05, 0.1) is 22.4 Å². The van der Waals surface area contributed by atoms with Crippen LogP contribution in [-0.4, -0.2) is 42.4 Å².